The fourth-order valence-electron chi connectivity index (χ4n) is 2.44. The van der Waals surface area contributed by atoms with Crippen molar-refractivity contribution in [1.29, 1.82) is 0 Å². The largest absolute Gasteiger partial charge is 0.494 e. The normalized spacial score (nSPS) is 10.6. The van der Waals surface area contributed by atoms with Gasteiger partial charge in [0.25, 0.3) is 5.91 Å². The minimum Gasteiger partial charge on any atom is -0.494 e. The molecule has 0 saturated carbocycles. The molecule has 5 heteroatoms. The first kappa shape index (κ1) is 19.9. The monoisotopic (exact) mass is 359 g/mol. The molecule has 1 N–H and O–H groups in total. The first-order valence-electron chi connectivity index (χ1n) is 9.00. The van der Waals surface area contributed by atoms with Gasteiger partial charge in [-0.25, -0.2) is 4.39 Å². The van der Waals surface area contributed by atoms with Crippen LogP contribution in [0.4, 0.5) is 4.39 Å². The van der Waals surface area contributed by atoms with Crippen LogP contribution < -0.4 is 10.1 Å². The Balaban J connectivity index is 2.02. The zero-order chi connectivity index (χ0) is 18.8. The molecule has 4 nitrogen and oxygen atoms in total. The summed E-state index contributed by atoms with van der Waals surface area (Å²) in [5.74, 6) is 0.255. The van der Waals surface area contributed by atoms with Crippen LogP contribution >= 0.6 is 0 Å². The van der Waals surface area contributed by atoms with Gasteiger partial charge in [-0.15, -0.1) is 0 Å². The van der Waals surface area contributed by atoms with Crippen molar-refractivity contribution in [2.75, 3.05) is 13.2 Å². The van der Waals surface area contributed by atoms with Crippen LogP contribution in [0.3, 0.4) is 0 Å². The van der Waals surface area contributed by atoms with Crippen molar-refractivity contribution in [3.8, 4) is 5.75 Å². The fourth-order valence-corrected chi connectivity index (χ4v) is 2.44. The van der Waals surface area contributed by atoms with Crippen molar-refractivity contribution in [3.05, 3.63) is 65.0 Å². The van der Waals surface area contributed by atoms with E-state index in [0.29, 0.717) is 31.9 Å². The average Bonchev–Trinajstić information content (AvgIpc) is 2.66. The summed E-state index contributed by atoms with van der Waals surface area (Å²) >= 11 is 0. The lowest BCUT2D eigenvalue weighted by molar-refractivity contribution is 0.0949. The van der Waals surface area contributed by atoms with E-state index in [4.69, 9.17) is 9.47 Å². The third kappa shape index (κ3) is 6.15. The number of rotatable bonds is 10. The highest BCUT2D eigenvalue weighted by molar-refractivity contribution is 5.94. The summed E-state index contributed by atoms with van der Waals surface area (Å²) in [6, 6.07) is 11.4. The molecule has 140 valence electrons. The van der Waals surface area contributed by atoms with Crippen molar-refractivity contribution in [2.24, 2.45) is 0 Å². The SMILES string of the molecule is CCCCOCc1cc(C(=O)NCc2ccc(F)cc2)ccc1OCC. The van der Waals surface area contributed by atoms with E-state index in [1.807, 2.05) is 6.92 Å². The van der Waals surface area contributed by atoms with E-state index in [1.165, 1.54) is 12.1 Å². The Hall–Kier alpha value is -2.40. The molecule has 0 fully saturated rings. The van der Waals surface area contributed by atoms with Crippen molar-refractivity contribution in [1.82, 2.24) is 5.32 Å². The van der Waals surface area contributed by atoms with Crippen molar-refractivity contribution in [2.45, 2.75) is 39.8 Å². The Morgan fingerprint density at radius 1 is 1.12 bits per heavy atom. The van der Waals surface area contributed by atoms with Gasteiger partial charge in [-0.2, -0.15) is 0 Å². The van der Waals surface area contributed by atoms with Gasteiger partial charge in [0.1, 0.15) is 11.6 Å². The van der Waals surface area contributed by atoms with Crippen molar-refractivity contribution >= 4 is 5.91 Å². The third-order valence-corrected chi connectivity index (χ3v) is 3.89. The lowest BCUT2D eigenvalue weighted by Gasteiger charge is -2.13. The van der Waals surface area contributed by atoms with Crippen LogP contribution in [0.2, 0.25) is 0 Å². The van der Waals surface area contributed by atoms with Crippen LogP contribution in [0.1, 0.15) is 48.2 Å². The van der Waals surface area contributed by atoms with E-state index in [-0.39, 0.29) is 11.7 Å². The summed E-state index contributed by atoms with van der Waals surface area (Å²) < 4.78 is 24.2. The van der Waals surface area contributed by atoms with E-state index < -0.39 is 0 Å². The van der Waals surface area contributed by atoms with Crippen LogP contribution in [0.15, 0.2) is 42.5 Å². The van der Waals surface area contributed by atoms with Gasteiger partial charge >= 0.3 is 0 Å². The molecule has 1 amide bonds. The number of carbonyl (C=O) groups is 1. The number of hydrogen-bond donors (Lipinski definition) is 1. The molecule has 0 bridgehead atoms. The quantitative estimate of drug-likeness (QED) is 0.637. The molecule has 26 heavy (non-hydrogen) atoms. The van der Waals surface area contributed by atoms with E-state index in [2.05, 4.69) is 12.2 Å². The van der Waals surface area contributed by atoms with Gasteiger partial charge in [-0.05, 0) is 49.2 Å². The number of nitrogens with one attached hydrogen (secondary N) is 1. The second-order valence-corrected chi connectivity index (χ2v) is 5.97. The Morgan fingerprint density at radius 2 is 1.88 bits per heavy atom. The van der Waals surface area contributed by atoms with Crippen molar-refractivity contribution < 1.29 is 18.7 Å². The number of amides is 1. The first-order valence-corrected chi connectivity index (χ1v) is 9.00. The molecule has 2 aromatic carbocycles. The lowest BCUT2D eigenvalue weighted by atomic mass is 10.1. The summed E-state index contributed by atoms with van der Waals surface area (Å²) in [6.45, 7) is 6.02. The predicted molar refractivity (Wildman–Crippen MR) is 99.7 cm³/mol. The number of hydrogen-bond acceptors (Lipinski definition) is 3. The molecule has 0 saturated heterocycles. The topological polar surface area (TPSA) is 47.6 Å². The van der Waals surface area contributed by atoms with Gasteiger partial charge in [0, 0.05) is 24.3 Å². The molecular weight excluding hydrogens is 333 g/mol. The van der Waals surface area contributed by atoms with Gasteiger partial charge in [0.05, 0.1) is 13.2 Å². The lowest BCUT2D eigenvalue weighted by Crippen LogP contribution is -2.23. The van der Waals surface area contributed by atoms with Gasteiger partial charge < -0.3 is 14.8 Å². The van der Waals surface area contributed by atoms with Crippen molar-refractivity contribution in [3.63, 3.8) is 0 Å². The van der Waals surface area contributed by atoms with Crippen LogP contribution in [0, 0.1) is 5.82 Å². The van der Waals surface area contributed by atoms with E-state index in [0.717, 1.165) is 29.7 Å². The maximum atomic E-state index is 12.9. The molecule has 0 unspecified atom stereocenters. The van der Waals surface area contributed by atoms with E-state index in [9.17, 15) is 9.18 Å². The molecule has 0 atom stereocenters. The summed E-state index contributed by atoms with van der Waals surface area (Å²) in [7, 11) is 0. The molecule has 0 aliphatic carbocycles. The van der Waals surface area contributed by atoms with E-state index in [1.54, 1.807) is 30.3 Å². The number of halogens is 1. The van der Waals surface area contributed by atoms with Crippen LogP contribution in [-0.4, -0.2) is 19.1 Å². The summed E-state index contributed by atoms with van der Waals surface area (Å²) in [5, 5.41) is 2.85. The zero-order valence-corrected chi connectivity index (χ0v) is 15.4. The highest BCUT2D eigenvalue weighted by Gasteiger charge is 2.11. The van der Waals surface area contributed by atoms with Gasteiger partial charge in [-0.3, -0.25) is 4.79 Å². The minimum absolute atomic E-state index is 0.188. The predicted octanol–water partition coefficient (Wildman–Crippen LogP) is 4.47. The number of carbonyl (C=O) groups excluding carboxylic acids is 1. The zero-order valence-electron chi connectivity index (χ0n) is 15.4. The molecule has 0 heterocycles. The van der Waals surface area contributed by atoms with Gasteiger partial charge in [-0.1, -0.05) is 25.5 Å². The summed E-state index contributed by atoms with van der Waals surface area (Å²) in [6.07, 6.45) is 2.08. The first-order chi connectivity index (χ1) is 12.6. The summed E-state index contributed by atoms with van der Waals surface area (Å²) in [4.78, 5) is 12.4. The second-order valence-electron chi connectivity index (χ2n) is 5.97. The molecular formula is C21H26FNO3. The minimum atomic E-state index is -0.292. The van der Waals surface area contributed by atoms with Crippen LogP contribution in [0.25, 0.3) is 0 Å². The number of ether oxygens (including phenoxy) is 2. The van der Waals surface area contributed by atoms with E-state index >= 15 is 0 Å². The smallest absolute Gasteiger partial charge is 0.251 e. The molecule has 0 radical (unpaired) electrons. The average molecular weight is 359 g/mol. The second kappa shape index (κ2) is 10.6. The molecule has 0 aliphatic rings. The fraction of sp³-hybridized carbons (Fsp3) is 0.381. The number of unbranched alkanes of at least 4 members (excludes halogenated alkanes) is 1. The van der Waals surface area contributed by atoms with Gasteiger partial charge in [0.15, 0.2) is 0 Å². The maximum absolute atomic E-state index is 12.9. The van der Waals surface area contributed by atoms with Crippen LogP contribution in [-0.2, 0) is 17.9 Å². The number of benzene rings is 2. The Kier molecular flexibility index (Phi) is 8.09. The molecule has 0 spiro atoms. The van der Waals surface area contributed by atoms with Gasteiger partial charge in [0.2, 0.25) is 0 Å². The molecule has 2 rings (SSSR count). The highest BCUT2D eigenvalue weighted by Crippen LogP contribution is 2.21. The Morgan fingerprint density at radius 3 is 2.58 bits per heavy atom. The standard InChI is InChI=1S/C21H26FNO3/c1-3-5-12-25-15-18-13-17(8-11-20(18)26-4-2)21(24)23-14-16-6-9-19(22)10-7-16/h6-11,13H,3-5,12,14-15H2,1-2H3,(H,23,24). The molecule has 0 aromatic heterocycles. The highest BCUT2D eigenvalue weighted by atomic mass is 19.1. The Labute approximate surface area is 154 Å². The molecule has 2 aromatic rings. The Bertz CT molecular complexity index is 701. The summed E-state index contributed by atoms with van der Waals surface area (Å²) in [5.41, 5.74) is 2.25. The van der Waals surface area contributed by atoms with Crippen LogP contribution in [0.5, 0.6) is 5.75 Å². The maximum Gasteiger partial charge on any atom is 0.251 e. The molecule has 0 aliphatic heterocycles. The third-order valence-electron chi connectivity index (χ3n) is 3.89.